The second kappa shape index (κ2) is 8.55. The highest BCUT2D eigenvalue weighted by atomic mass is 16.5. The third kappa shape index (κ3) is 4.61. The Hall–Kier alpha value is -3.26. The van der Waals surface area contributed by atoms with Gasteiger partial charge in [0.2, 0.25) is 0 Å². The van der Waals surface area contributed by atoms with Gasteiger partial charge in [0.1, 0.15) is 11.6 Å². The lowest BCUT2D eigenvalue weighted by atomic mass is 10.1. The van der Waals surface area contributed by atoms with Crippen LogP contribution in [0.15, 0.2) is 48.0 Å². The van der Waals surface area contributed by atoms with Crippen LogP contribution >= 0.6 is 0 Å². The number of hydrogen-bond acceptors (Lipinski definition) is 4. The highest BCUT2D eigenvalue weighted by molar-refractivity contribution is 6.09. The van der Waals surface area contributed by atoms with Gasteiger partial charge in [0, 0.05) is 11.8 Å². The van der Waals surface area contributed by atoms with E-state index in [4.69, 9.17) is 9.47 Å². The molecule has 0 aliphatic heterocycles. The smallest absolute Gasteiger partial charge is 0.266 e. The monoisotopic (exact) mass is 336 g/mol. The molecule has 1 N–H and O–H groups in total. The number of rotatable bonds is 6. The van der Waals surface area contributed by atoms with Crippen molar-refractivity contribution < 1.29 is 14.3 Å². The maximum Gasteiger partial charge on any atom is 0.266 e. The number of ether oxygens (including phenoxy) is 2. The van der Waals surface area contributed by atoms with Gasteiger partial charge in [0.25, 0.3) is 5.91 Å². The SMILES string of the molecule is CCc1ccc(C=C(C#N)C(=O)Nc2ccc(OC)c(OC)c2)cc1. The largest absolute Gasteiger partial charge is 0.493 e. The van der Waals surface area contributed by atoms with Crippen LogP contribution in [0.2, 0.25) is 0 Å². The summed E-state index contributed by atoms with van der Waals surface area (Å²) < 4.78 is 10.4. The molecule has 0 aliphatic carbocycles. The average molecular weight is 336 g/mol. The molecule has 0 aliphatic rings. The van der Waals surface area contributed by atoms with Crippen molar-refractivity contribution in [3.05, 3.63) is 59.2 Å². The molecule has 25 heavy (non-hydrogen) atoms. The summed E-state index contributed by atoms with van der Waals surface area (Å²) in [7, 11) is 3.06. The highest BCUT2D eigenvalue weighted by Gasteiger charge is 2.11. The number of nitrogens with zero attached hydrogens (tertiary/aromatic N) is 1. The quantitative estimate of drug-likeness (QED) is 0.643. The van der Waals surface area contributed by atoms with Crippen LogP contribution in [0.25, 0.3) is 6.08 Å². The Morgan fingerprint density at radius 3 is 2.36 bits per heavy atom. The van der Waals surface area contributed by atoms with Gasteiger partial charge in [-0.3, -0.25) is 4.79 Å². The third-order valence-corrected chi connectivity index (χ3v) is 3.71. The summed E-state index contributed by atoms with van der Waals surface area (Å²) >= 11 is 0. The van der Waals surface area contributed by atoms with Gasteiger partial charge in [-0.1, -0.05) is 31.2 Å². The van der Waals surface area contributed by atoms with Gasteiger partial charge >= 0.3 is 0 Å². The van der Waals surface area contributed by atoms with Crippen LogP contribution in [-0.2, 0) is 11.2 Å². The molecule has 128 valence electrons. The van der Waals surface area contributed by atoms with Gasteiger partial charge in [-0.25, -0.2) is 0 Å². The lowest BCUT2D eigenvalue weighted by Gasteiger charge is -2.10. The number of nitrogens with one attached hydrogen (secondary N) is 1. The maximum absolute atomic E-state index is 12.4. The van der Waals surface area contributed by atoms with E-state index in [1.54, 1.807) is 24.3 Å². The minimum atomic E-state index is -0.478. The Morgan fingerprint density at radius 2 is 1.80 bits per heavy atom. The Labute approximate surface area is 147 Å². The predicted octanol–water partition coefficient (Wildman–Crippen LogP) is 3.81. The summed E-state index contributed by atoms with van der Waals surface area (Å²) in [6, 6.07) is 14.7. The molecule has 0 heterocycles. The predicted molar refractivity (Wildman–Crippen MR) is 97.6 cm³/mol. The molecule has 0 atom stereocenters. The fraction of sp³-hybridized carbons (Fsp3) is 0.200. The molecule has 0 aromatic heterocycles. The standard InChI is InChI=1S/C20H20N2O3/c1-4-14-5-7-15(8-6-14)11-16(13-21)20(23)22-17-9-10-18(24-2)19(12-17)25-3/h5-12H,4H2,1-3H3,(H,22,23). The summed E-state index contributed by atoms with van der Waals surface area (Å²) in [6.45, 7) is 2.07. The van der Waals surface area contributed by atoms with Gasteiger partial charge in [-0.2, -0.15) is 5.26 Å². The minimum Gasteiger partial charge on any atom is -0.493 e. The molecule has 0 saturated carbocycles. The van der Waals surface area contributed by atoms with Crippen molar-refractivity contribution in [3.63, 3.8) is 0 Å². The summed E-state index contributed by atoms with van der Waals surface area (Å²) in [4.78, 5) is 12.4. The molecule has 0 fully saturated rings. The molecule has 0 spiro atoms. The van der Waals surface area contributed by atoms with E-state index < -0.39 is 5.91 Å². The first kappa shape index (κ1) is 18.1. The minimum absolute atomic E-state index is 0.0269. The number of nitriles is 1. The molecular weight excluding hydrogens is 316 g/mol. The van der Waals surface area contributed by atoms with Crippen LogP contribution in [0.4, 0.5) is 5.69 Å². The normalized spacial score (nSPS) is 10.7. The fourth-order valence-corrected chi connectivity index (χ4v) is 2.28. The number of carbonyl (C=O) groups is 1. The van der Waals surface area contributed by atoms with Crippen LogP contribution in [0.3, 0.4) is 0 Å². The van der Waals surface area contributed by atoms with Crippen molar-refractivity contribution in [2.24, 2.45) is 0 Å². The fourth-order valence-electron chi connectivity index (χ4n) is 2.28. The first-order valence-electron chi connectivity index (χ1n) is 7.85. The number of methoxy groups -OCH3 is 2. The Bertz CT molecular complexity index is 818. The first-order chi connectivity index (χ1) is 12.1. The topological polar surface area (TPSA) is 71.4 Å². The second-order valence-electron chi connectivity index (χ2n) is 5.29. The zero-order valence-corrected chi connectivity index (χ0v) is 14.5. The Morgan fingerprint density at radius 1 is 1.12 bits per heavy atom. The van der Waals surface area contributed by atoms with Crippen molar-refractivity contribution in [3.8, 4) is 17.6 Å². The van der Waals surface area contributed by atoms with Crippen LogP contribution < -0.4 is 14.8 Å². The summed E-state index contributed by atoms with van der Waals surface area (Å²) in [5.74, 6) is 0.583. The first-order valence-corrected chi connectivity index (χ1v) is 7.85. The lowest BCUT2D eigenvalue weighted by Crippen LogP contribution is -2.13. The van der Waals surface area contributed by atoms with E-state index in [2.05, 4.69) is 12.2 Å². The van der Waals surface area contributed by atoms with E-state index in [0.717, 1.165) is 12.0 Å². The number of aryl methyl sites for hydroxylation is 1. The van der Waals surface area contributed by atoms with E-state index >= 15 is 0 Å². The molecule has 0 saturated heterocycles. The van der Waals surface area contributed by atoms with E-state index in [-0.39, 0.29) is 5.57 Å². The van der Waals surface area contributed by atoms with E-state index in [9.17, 15) is 10.1 Å². The summed E-state index contributed by atoms with van der Waals surface area (Å²) in [5.41, 5.74) is 2.55. The van der Waals surface area contributed by atoms with E-state index in [1.165, 1.54) is 19.8 Å². The molecule has 5 nitrogen and oxygen atoms in total. The molecule has 0 radical (unpaired) electrons. The molecule has 0 bridgehead atoms. The summed E-state index contributed by atoms with van der Waals surface area (Å²) in [6.07, 6.45) is 2.50. The zero-order chi connectivity index (χ0) is 18.2. The van der Waals surface area contributed by atoms with Crippen molar-refractivity contribution >= 4 is 17.7 Å². The lowest BCUT2D eigenvalue weighted by molar-refractivity contribution is -0.112. The van der Waals surface area contributed by atoms with Gasteiger partial charge in [0.15, 0.2) is 11.5 Å². The Kier molecular flexibility index (Phi) is 6.19. The van der Waals surface area contributed by atoms with Gasteiger partial charge in [-0.05, 0) is 35.8 Å². The van der Waals surface area contributed by atoms with Gasteiger partial charge in [0.05, 0.1) is 14.2 Å². The van der Waals surface area contributed by atoms with E-state index in [0.29, 0.717) is 17.2 Å². The molecule has 5 heteroatoms. The van der Waals surface area contributed by atoms with Gasteiger partial charge in [-0.15, -0.1) is 0 Å². The van der Waals surface area contributed by atoms with Crippen molar-refractivity contribution in [2.75, 3.05) is 19.5 Å². The third-order valence-electron chi connectivity index (χ3n) is 3.71. The van der Waals surface area contributed by atoms with Crippen LogP contribution in [0.1, 0.15) is 18.1 Å². The molecule has 2 rings (SSSR count). The second-order valence-corrected chi connectivity index (χ2v) is 5.29. The molecule has 0 unspecified atom stereocenters. The number of amides is 1. The summed E-state index contributed by atoms with van der Waals surface area (Å²) in [5, 5.41) is 12.0. The van der Waals surface area contributed by atoms with Gasteiger partial charge < -0.3 is 14.8 Å². The zero-order valence-electron chi connectivity index (χ0n) is 14.5. The van der Waals surface area contributed by atoms with Crippen LogP contribution in [-0.4, -0.2) is 20.1 Å². The number of hydrogen-bond donors (Lipinski definition) is 1. The molecule has 2 aromatic carbocycles. The van der Waals surface area contributed by atoms with Crippen LogP contribution in [0, 0.1) is 11.3 Å². The van der Waals surface area contributed by atoms with Crippen molar-refractivity contribution in [2.45, 2.75) is 13.3 Å². The molecule has 1 amide bonds. The molecule has 2 aromatic rings. The van der Waals surface area contributed by atoms with Crippen LogP contribution in [0.5, 0.6) is 11.5 Å². The van der Waals surface area contributed by atoms with Crippen molar-refractivity contribution in [1.82, 2.24) is 0 Å². The van der Waals surface area contributed by atoms with E-state index in [1.807, 2.05) is 30.3 Å². The average Bonchev–Trinajstić information content (AvgIpc) is 2.66. The highest BCUT2D eigenvalue weighted by Crippen LogP contribution is 2.29. The Balaban J connectivity index is 2.19. The molecular formula is C20H20N2O3. The number of benzene rings is 2. The number of anilines is 1. The maximum atomic E-state index is 12.4. The number of carbonyl (C=O) groups excluding carboxylic acids is 1. The van der Waals surface area contributed by atoms with Crippen molar-refractivity contribution in [1.29, 1.82) is 5.26 Å².